The number of nitrogens with one attached hydrogen (secondary N) is 1. The standard InChI is InChI=1S/C20H9F12N/c21-17(22,23)11-3-9(4-12(7-11)18(24,25)26)15-1-2-16(33-15)10-5-13(19(27,28)29)8-14(6-10)20(30,31)32/h1-8,33H. The first-order valence-corrected chi connectivity index (χ1v) is 8.64. The zero-order valence-corrected chi connectivity index (χ0v) is 15.7. The van der Waals surface area contributed by atoms with Gasteiger partial charge < -0.3 is 4.98 Å². The maximum Gasteiger partial charge on any atom is 0.416 e. The zero-order chi connectivity index (χ0) is 25.0. The minimum Gasteiger partial charge on any atom is -0.355 e. The Hall–Kier alpha value is -3.12. The molecule has 13 heteroatoms. The summed E-state index contributed by atoms with van der Waals surface area (Å²) in [6.45, 7) is 0. The van der Waals surface area contributed by atoms with E-state index in [1.54, 1.807) is 0 Å². The zero-order valence-electron chi connectivity index (χ0n) is 15.7. The quantitative estimate of drug-likeness (QED) is 0.347. The van der Waals surface area contributed by atoms with Crippen molar-refractivity contribution in [3.05, 3.63) is 70.8 Å². The van der Waals surface area contributed by atoms with Crippen LogP contribution in [0.2, 0.25) is 0 Å². The Kier molecular flexibility index (Phi) is 5.75. The van der Waals surface area contributed by atoms with Gasteiger partial charge in [-0.1, -0.05) is 0 Å². The first kappa shape index (κ1) is 24.5. The van der Waals surface area contributed by atoms with E-state index in [1.165, 1.54) is 0 Å². The van der Waals surface area contributed by atoms with Gasteiger partial charge in [0.2, 0.25) is 0 Å². The normalized spacial score (nSPS) is 13.5. The largest absolute Gasteiger partial charge is 0.416 e. The molecular formula is C20H9F12N. The Morgan fingerprint density at radius 2 is 0.636 bits per heavy atom. The molecule has 3 aromatic rings. The Labute approximate surface area is 176 Å². The molecule has 0 spiro atoms. The Bertz CT molecular complexity index is 1000. The molecule has 1 heterocycles. The van der Waals surface area contributed by atoms with Crippen LogP contribution in [0.25, 0.3) is 22.5 Å². The lowest BCUT2D eigenvalue weighted by atomic mass is 10.0. The van der Waals surface area contributed by atoms with Gasteiger partial charge in [-0.05, 0) is 59.7 Å². The molecule has 1 N–H and O–H groups in total. The van der Waals surface area contributed by atoms with Crippen LogP contribution in [0, 0.1) is 0 Å². The molecule has 0 aliphatic rings. The molecule has 0 aliphatic carbocycles. The first-order valence-electron chi connectivity index (χ1n) is 8.64. The molecule has 0 unspecified atom stereocenters. The van der Waals surface area contributed by atoms with E-state index in [1.807, 2.05) is 0 Å². The molecule has 3 rings (SSSR count). The number of alkyl halides is 12. The maximum absolute atomic E-state index is 13.0. The minimum absolute atomic E-state index is 0.115. The number of rotatable bonds is 2. The van der Waals surface area contributed by atoms with Gasteiger partial charge in [0.15, 0.2) is 0 Å². The van der Waals surface area contributed by atoms with Gasteiger partial charge in [0.1, 0.15) is 0 Å². The highest BCUT2D eigenvalue weighted by molar-refractivity contribution is 5.70. The van der Waals surface area contributed by atoms with E-state index in [0.717, 1.165) is 12.1 Å². The molecule has 33 heavy (non-hydrogen) atoms. The molecule has 0 amide bonds. The first-order chi connectivity index (χ1) is 14.9. The predicted molar refractivity (Wildman–Crippen MR) is 91.7 cm³/mol. The van der Waals surface area contributed by atoms with Crippen LogP contribution >= 0.6 is 0 Å². The van der Waals surface area contributed by atoms with Gasteiger partial charge >= 0.3 is 24.7 Å². The molecule has 0 radical (unpaired) electrons. The van der Waals surface area contributed by atoms with Crippen molar-refractivity contribution in [2.24, 2.45) is 0 Å². The molecule has 0 saturated heterocycles. The molecule has 0 fully saturated rings. The van der Waals surface area contributed by atoms with Crippen LogP contribution in [0.4, 0.5) is 52.7 Å². The fourth-order valence-corrected chi connectivity index (χ4v) is 2.95. The van der Waals surface area contributed by atoms with Crippen molar-refractivity contribution in [2.45, 2.75) is 24.7 Å². The van der Waals surface area contributed by atoms with Crippen LogP contribution < -0.4 is 0 Å². The molecule has 0 atom stereocenters. The summed E-state index contributed by atoms with van der Waals surface area (Å²) in [5, 5.41) is 0. The van der Waals surface area contributed by atoms with Crippen molar-refractivity contribution in [3.8, 4) is 22.5 Å². The summed E-state index contributed by atoms with van der Waals surface area (Å²) in [6, 6.07) is 3.15. The van der Waals surface area contributed by atoms with Gasteiger partial charge in [0.25, 0.3) is 0 Å². The predicted octanol–water partition coefficient (Wildman–Crippen LogP) is 8.42. The lowest BCUT2D eigenvalue weighted by Crippen LogP contribution is -2.11. The topological polar surface area (TPSA) is 15.8 Å². The third-order valence-corrected chi connectivity index (χ3v) is 4.48. The van der Waals surface area contributed by atoms with E-state index in [0.29, 0.717) is 24.3 Å². The van der Waals surface area contributed by atoms with E-state index in [9.17, 15) is 52.7 Å². The summed E-state index contributed by atoms with van der Waals surface area (Å²) in [4.78, 5) is 2.29. The highest BCUT2D eigenvalue weighted by Crippen LogP contribution is 2.41. The van der Waals surface area contributed by atoms with Gasteiger partial charge in [-0.3, -0.25) is 0 Å². The van der Waals surface area contributed by atoms with E-state index in [4.69, 9.17) is 0 Å². The summed E-state index contributed by atoms with van der Waals surface area (Å²) in [6.07, 6.45) is -20.6. The van der Waals surface area contributed by atoms with Crippen molar-refractivity contribution in [3.63, 3.8) is 0 Å². The second-order valence-corrected chi connectivity index (χ2v) is 6.87. The van der Waals surface area contributed by atoms with Gasteiger partial charge in [-0.25, -0.2) is 0 Å². The van der Waals surface area contributed by atoms with E-state index >= 15 is 0 Å². The molecule has 1 aromatic heterocycles. The molecule has 178 valence electrons. The van der Waals surface area contributed by atoms with Crippen molar-refractivity contribution in [1.82, 2.24) is 4.98 Å². The second-order valence-electron chi connectivity index (χ2n) is 6.87. The average molecular weight is 491 g/mol. The number of hydrogen-bond donors (Lipinski definition) is 1. The fraction of sp³-hybridized carbons (Fsp3) is 0.200. The van der Waals surface area contributed by atoms with E-state index in [2.05, 4.69) is 4.98 Å². The van der Waals surface area contributed by atoms with Crippen LogP contribution in [-0.2, 0) is 24.7 Å². The van der Waals surface area contributed by atoms with Gasteiger partial charge in [-0.15, -0.1) is 0 Å². The molecule has 0 saturated carbocycles. The number of benzene rings is 2. The molecule has 0 bridgehead atoms. The molecule has 0 aliphatic heterocycles. The highest BCUT2D eigenvalue weighted by atomic mass is 19.4. The number of aromatic amines is 1. The van der Waals surface area contributed by atoms with E-state index in [-0.39, 0.29) is 23.5 Å². The third kappa shape index (κ3) is 5.45. The molecular weight excluding hydrogens is 482 g/mol. The summed E-state index contributed by atoms with van der Waals surface area (Å²) >= 11 is 0. The SMILES string of the molecule is FC(F)(F)c1cc(-c2ccc(-c3cc(C(F)(F)F)cc(C(F)(F)F)c3)[nH]2)cc(C(F)(F)F)c1. The Balaban J connectivity index is 2.15. The smallest absolute Gasteiger partial charge is 0.355 e. The van der Waals surface area contributed by atoms with Crippen molar-refractivity contribution < 1.29 is 52.7 Å². The van der Waals surface area contributed by atoms with Crippen LogP contribution in [0.1, 0.15) is 22.3 Å². The Morgan fingerprint density at radius 3 is 0.848 bits per heavy atom. The monoisotopic (exact) mass is 491 g/mol. The summed E-state index contributed by atoms with van der Waals surface area (Å²) in [5.74, 6) is 0. The van der Waals surface area contributed by atoms with Crippen molar-refractivity contribution in [1.29, 1.82) is 0 Å². The average Bonchev–Trinajstić information content (AvgIpc) is 3.15. The summed E-state index contributed by atoms with van der Waals surface area (Å²) < 4.78 is 157. The molecule has 1 nitrogen and oxygen atoms in total. The lowest BCUT2D eigenvalue weighted by molar-refractivity contribution is -0.144. The lowest BCUT2D eigenvalue weighted by Gasteiger charge is -2.14. The van der Waals surface area contributed by atoms with Gasteiger partial charge in [-0.2, -0.15) is 52.7 Å². The number of aromatic nitrogens is 1. The van der Waals surface area contributed by atoms with Crippen molar-refractivity contribution in [2.75, 3.05) is 0 Å². The van der Waals surface area contributed by atoms with Crippen LogP contribution in [0.5, 0.6) is 0 Å². The number of H-pyrrole nitrogens is 1. The van der Waals surface area contributed by atoms with Crippen LogP contribution in [0.3, 0.4) is 0 Å². The second kappa shape index (κ2) is 7.73. The third-order valence-electron chi connectivity index (χ3n) is 4.48. The molecule has 2 aromatic carbocycles. The number of hydrogen-bond acceptors (Lipinski definition) is 0. The van der Waals surface area contributed by atoms with Gasteiger partial charge in [0, 0.05) is 11.4 Å². The maximum atomic E-state index is 13.0. The van der Waals surface area contributed by atoms with Gasteiger partial charge in [0.05, 0.1) is 22.3 Å². The van der Waals surface area contributed by atoms with Crippen LogP contribution in [-0.4, -0.2) is 4.98 Å². The fourth-order valence-electron chi connectivity index (χ4n) is 2.95. The summed E-state index contributed by atoms with van der Waals surface area (Å²) in [7, 11) is 0. The Morgan fingerprint density at radius 1 is 0.394 bits per heavy atom. The number of halogens is 12. The highest BCUT2D eigenvalue weighted by Gasteiger charge is 2.38. The van der Waals surface area contributed by atoms with E-state index < -0.39 is 58.1 Å². The summed E-state index contributed by atoms with van der Waals surface area (Å²) in [5.41, 5.74) is -8.55. The minimum atomic E-state index is -5.14. The van der Waals surface area contributed by atoms with Crippen LogP contribution in [0.15, 0.2) is 48.5 Å². The van der Waals surface area contributed by atoms with Crippen molar-refractivity contribution >= 4 is 0 Å².